The number of piperidine rings is 1. The number of carbonyl (C=O) groups is 2. The van der Waals surface area contributed by atoms with E-state index in [4.69, 9.17) is 9.47 Å². The number of ether oxygens (including phenoxy) is 2. The fraction of sp³-hybridized carbons (Fsp3) is 0.417. The smallest absolute Gasteiger partial charge is 0.251 e. The lowest BCUT2D eigenvalue weighted by Crippen LogP contribution is -2.46. The molecule has 0 unspecified atom stereocenters. The number of aryl methyl sites for hydroxylation is 2. The number of nitrogens with one attached hydrogen (secondary N) is 1. The van der Waals surface area contributed by atoms with E-state index in [-0.39, 0.29) is 17.9 Å². The van der Waals surface area contributed by atoms with Crippen molar-refractivity contribution in [1.82, 2.24) is 10.2 Å². The Morgan fingerprint density at radius 2 is 1.73 bits per heavy atom. The van der Waals surface area contributed by atoms with Crippen molar-refractivity contribution in [3.05, 3.63) is 59.2 Å². The van der Waals surface area contributed by atoms with Crippen molar-refractivity contribution in [3.8, 4) is 11.5 Å². The summed E-state index contributed by atoms with van der Waals surface area (Å²) in [5, 5.41) is 3.11. The summed E-state index contributed by atoms with van der Waals surface area (Å²) in [6, 6.07) is 13.4. The van der Waals surface area contributed by atoms with Crippen LogP contribution in [0.2, 0.25) is 0 Å². The fourth-order valence-corrected chi connectivity index (χ4v) is 3.81. The van der Waals surface area contributed by atoms with Gasteiger partial charge < -0.3 is 19.7 Å². The van der Waals surface area contributed by atoms with Gasteiger partial charge in [-0.1, -0.05) is 24.3 Å². The van der Waals surface area contributed by atoms with Crippen molar-refractivity contribution in [3.63, 3.8) is 0 Å². The number of methoxy groups -OCH3 is 2. The van der Waals surface area contributed by atoms with E-state index in [2.05, 4.69) is 5.32 Å². The standard InChI is InChI=1S/C24H30N2O4/c1-17-6-4-5-7-20(17)24(28)25-19-12-14-26(15-13-19)23(27)11-9-18-8-10-21(29-2)22(16-18)30-3/h4-8,10,16,19H,9,11-15H2,1-3H3,(H,25,28). The molecule has 1 aliphatic heterocycles. The Balaban J connectivity index is 1.46. The molecule has 1 heterocycles. The molecule has 2 aromatic carbocycles. The average Bonchev–Trinajstić information content (AvgIpc) is 2.78. The molecule has 3 rings (SSSR count). The summed E-state index contributed by atoms with van der Waals surface area (Å²) in [5.74, 6) is 1.47. The highest BCUT2D eigenvalue weighted by molar-refractivity contribution is 5.95. The van der Waals surface area contributed by atoms with Crippen molar-refractivity contribution in [1.29, 1.82) is 0 Å². The molecule has 160 valence electrons. The van der Waals surface area contributed by atoms with E-state index in [1.54, 1.807) is 14.2 Å². The van der Waals surface area contributed by atoms with Gasteiger partial charge in [-0.25, -0.2) is 0 Å². The molecule has 1 aliphatic rings. The van der Waals surface area contributed by atoms with E-state index in [9.17, 15) is 9.59 Å². The number of nitrogens with zero attached hydrogens (tertiary/aromatic N) is 1. The van der Waals surface area contributed by atoms with E-state index >= 15 is 0 Å². The highest BCUT2D eigenvalue weighted by Crippen LogP contribution is 2.28. The maximum absolute atomic E-state index is 12.6. The Kier molecular flexibility index (Phi) is 7.33. The van der Waals surface area contributed by atoms with Gasteiger partial charge in [0.2, 0.25) is 5.91 Å². The van der Waals surface area contributed by atoms with E-state index in [0.29, 0.717) is 43.0 Å². The monoisotopic (exact) mass is 410 g/mol. The molecule has 2 amide bonds. The van der Waals surface area contributed by atoms with Crippen LogP contribution in [0.25, 0.3) is 0 Å². The van der Waals surface area contributed by atoms with Crippen molar-refractivity contribution >= 4 is 11.8 Å². The summed E-state index contributed by atoms with van der Waals surface area (Å²) in [6.07, 6.45) is 2.66. The molecule has 6 nitrogen and oxygen atoms in total. The largest absolute Gasteiger partial charge is 0.493 e. The zero-order valence-corrected chi connectivity index (χ0v) is 17.9. The summed E-state index contributed by atoms with van der Waals surface area (Å²) in [4.78, 5) is 27.0. The molecule has 2 aromatic rings. The molecular formula is C24H30N2O4. The van der Waals surface area contributed by atoms with Gasteiger partial charge in [0, 0.05) is 31.1 Å². The number of amides is 2. The quantitative estimate of drug-likeness (QED) is 0.760. The Morgan fingerprint density at radius 1 is 1.03 bits per heavy atom. The predicted molar refractivity (Wildman–Crippen MR) is 116 cm³/mol. The maximum atomic E-state index is 12.6. The molecule has 0 radical (unpaired) electrons. The van der Waals surface area contributed by atoms with Crippen LogP contribution in [0.3, 0.4) is 0 Å². The van der Waals surface area contributed by atoms with Gasteiger partial charge in [-0.3, -0.25) is 9.59 Å². The second-order valence-corrected chi connectivity index (χ2v) is 7.63. The molecule has 6 heteroatoms. The van der Waals surface area contributed by atoms with Crippen molar-refractivity contribution in [2.24, 2.45) is 0 Å². The summed E-state index contributed by atoms with van der Waals surface area (Å²) >= 11 is 0. The Morgan fingerprint density at radius 3 is 2.40 bits per heavy atom. The van der Waals surface area contributed by atoms with Crippen molar-refractivity contribution in [2.75, 3.05) is 27.3 Å². The first-order chi connectivity index (χ1) is 14.5. The lowest BCUT2D eigenvalue weighted by atomic mass is 10.0. The topological polar surface area (TPSA) is 67.9 Å². The molecule has 0 spiro atoms. The second kappa shape index (κ2) is 10.1. The Labute approximate surface area is 178 Å². The number of hydrogen-bond donors (Lipinski definition) is 1. The highest BCUT2D eigenvalue weighted by Gasteiger charge is 2.24. The summed E-state index contributed by atoms with van der Waals surface area (Å²) < 4.78 is 10.6. The van der Waals surface area contributed by atoms with Gasteiger partial charge >= 0.3 is 0 Å². The first-order valence-corrected chi connectivity index (χ1v) is 10.4. The number of carbonyl (C=O) groups excluding carboxylic acids is 2. The summed E-state index contributed by atoms with van der Waals surface area (Å²) in [7, 11) is 3.21. The molecule has 30 heavy (non-hydrogen) atoms. The minimum Gasteiger partial charge on any atom is -0.493 e. The van der Waals surface area contributed by atoms with Crippen LogP contribution >= 0.6 is 0 Å². The number of likely N-dealkylation sites (tertiary alicyclic amines) is 1. The van der Waals surface area contributed by atoms with Gasteiger partial charge in [0.15, 0.2) is 11.5 Å². The third-order valence-corrected chi connectivity index (χ3v) is 5.65. The second-order valence-electron chi connectivity index (χ2n) is 7.63. The van der Waals surface area contributed by atoms with Gasteiger partial charge in [-0.05, 0) is 55.5 Å². The number of rotatable bonds is 7. The zero-order chi connectivity index (χ0) is 21.5. The van der Waals surface area contributed by atoms with Crippen LogP contribution in [0.15, 0.2) is 42.5 Å². The summed E-state index contributed by atoms with van der Waals surface area (Å²) in [6.45, 7) is 3.28. The number of benzene rings is 2. The van der Waals surface area contributed by atoms with Crippen LogP contribution in [-0.4, -0.2) is 50.1 Å². The van der Waals surface area contributed by atoms with Crippen LogP contribution in [0.4, 0.5) is 0 Å². The molecule has 1 saturated heterocycles. The van der Waals surface area contributed by atoms with Crippen LogP contribution in [0.1, 0.15) is 40.7 Å². The molecule has 0 aromatic heterocycles. The molecular weight excluding hydrogens is 380 g/mol. The van der Waals surface area contributed by atoms with E-state index < -0.39 is 0 Å². The predicted octanol–water partition coefficient (Wildman–Crippen LogP) is 3.37. The van der Waals surface area contributed by atoms with E-state index in [0.717, 1.165) is 24.0 Å². The third kappa shape index (κ3) is 5.32. The molecule has 1 fully saturated rings. The van der Waals surface area contributed by atoms with Crippen molar-refractivity contribution in [2.45, 2.75) is 38.6 Å². The van der Waals surface area contributed by atoms with Crippen molar-refractivity contribution < 1.29 is 19.1 Å². The van der Waals surface area contributed by atoms with Crippen LogP contribution in [0.5, 0.6) is 11.5 Å². The molecule has 1 N–H and O–H groups in total. The zero-order valence-electron chi connectivity index (χ0n) is 17.9. The average molecular weight is 411 g/mol. The van der Waals surface area contributed by atoms with Gasteiger partial charge in [0.05, 0.1) is 14.2 Å². The Bertz CT molecular complexity index is 889. The first-order valence-electron chi connectivity index (χ1n) is 10.4. The lowest BCUT2D eigenvalue weighted by Gasteiger charge is -2.32. The fourth-order valence-electron chi connectivity index (χ4n) is 3.81. The minimum absolute atomic E-state index is 0.0358. The number of hydrogen-bond acceptors (Lipinski definition) is 4. The maximum Gasteiger partial charge on any atom is 0.251 e. The molecule has 0 bridgehead atoms. The first kappa shape index (κ1) is 21.7. The van der Waals surface area contributed by atoms with E-state index in [1.165, 1.54) is 0 Å². The molecule has 0 atom stereocenters. The molecule has 0 saturated carbocycles. The van der Waals surface area contributed by atoms with Crippen LogP contribution in [-0.2, 0) is 11.2 Å². The van der Waals surface area contributed by atoms with Gasteiger partial charge in [0.1, 0.15) is 0 Å². The van der Waals surface area contributed by atoms with Gasteiger partial charge in [0.25, 0.3) is 5.91 Å². The van der Waals surface area contributed by atoms with Gasteiger partial charge in [-0.15, -0.1) is 0 Å². The van der Waals surface area contributed by atoms with E-state index in [1.807, 2.05) is 54.3 Å². The third-order valence-electron chi connectivity index (χ3n) is 5.65. The summed E-state index contributed by atoms with van der Waals surface area (Å²) in [5.41, 5.74) is 2.73. The SMILES string of the molecule is COc1ccc(CCC(=O)N2CCC(NC(=O)c3ccccc3C)CC2)cc1OC. The minimum atomic E-state index is -0.0358. The normalized spacial score (nSPS) is 14.3. The van der Waals surface area contributed by atoms with Crippen LogP contribution < -0.4 is 14.8 Å². The lowest BCUT2D eigenvalue weighted by molar-refractivity contribution is -0.132. The highest BCUT2D eigenvalue weighted by atomic mass is 16.5. The van der Waals surface area contributed by atoms with Gasteiger partial charge in [-0.2, -0.15) is 0 Å². The Hall–Kier alpha value is -3.02. The molecule has 0 aliphatic carbocycles. The van der Waals surface area contributed by atoms with Crippen LogP contribution in [0, 0.1) is 6.92 Å².